The van der Waals surface area contributed by atoms with Crippen molar-refractivity contribution < 1.29 is 32.9 Å². The zero-order chi connectivity index (χ0) is 32.9. The number of nitrogens with zero attached hydrogens (tertiary/aromatic N) is 1. The van der Waals surface area contributed by atoms with Crippen LogP contribution in [0.15, 0.2) is 24.3 Å². The van der Waals surface area contributed by atoms with Gasteiger partial charge in [0.1, 0.15) is 13.2 Å². The van der Waals surface area contributed by atoms with E-state index in [9.17, 15) is 19.4 Å². The molecule has 1 amide bonds. The molecule has 3 atom stereocenters. The molecule has 0 aliphatic heterocycles. The summed E-state index contributed by atoms with van der Waals surface area (Å²) >= 11 is 0. The zero-order valence-corrected chi connectivity index (χ0v) is 30.0. The zero-order valence-electron chi connectivity index (χ0n) is 29.1. The average molecular weight is 645 g/mol. The van der Waals surface area contributed by atoms with Crippen molar-refractivity contribution in [2.75, 3.05) is 40.9 Å². The minimum absolute atomic E-state index is 0.00285. The molecule has 0 aromatic rings. The first kappa shape index (κ1) is 43.0. The summed E-state index contributed by atoms with van der Waals surface area (Å²) < 4.78 is 23.0. The molecule has 0 aliphatic carbocycles. The topological polar surface area (TPSA) is 108 Å². The van der Waals surface area contributed by atoms with Gasteiger partial charge in [0.15, 0.2) is 0 Å². The van der Waals surface area contributed by atoms with E-state index >= 15 is 0 Å². The number of amides is 1. The molecule has 0 saturated heterocycles. The summed E-state index contributed by atoms with van der Waals surface area (Å²) in [5.41, 5.74) is 0. The average Bonchev–Trinajstić information content (AvgIpc) is 2.95. The molecule has 8 nitrogen and oxygen atoms in total. The van der Waals surface area contributed by atoms with Crippen LogP contribution in [0.2, 0.25) is 0 Å². The molecule has 44 heavy (non-hydrogen) atoms. The highest BCUT2D eigenvalue weighted by Crippen LogP contribution is 2.38. The summed E-state index contributed by atoms with van der Waals surface area (Å²) in [6.45, 7) is 4.60. The summed E-state index contributed by atoms with van der Waals surface area (Å²) in [4.78, 5) is 25.0. The number of allylic oxidation sites excluding steroid dienone is 4. The van der Waals surface area contributed by atoms with E-state index in [0.29, 0.717) is 23.9 Å². The number of carbonyl (C=O) groups is 1. The molecule has 0 rings (SSSR count). The van der Waals surface area contributed by atoms with Crippen LogP contribution in [0.5, 0.6) is 0 Å². The molecule has 9 heteroatoms. The van der Waals surface area contributed by atoms with Crippen LogP contribution < -0.4 is 10.2 Å². The van der Waals surface area contributed by atoms with Crippen LogP contribution in [0.1, 0.15) is 142 Å². The predicted molar refractivity (Wildman–Crippen MR) is 182 cm³/mol. The van der Waals surface area contributed by atoms with Crippen molar-refractivity contribution in [3.8, 4) is 0 Å². The maximum atomic E-state index is 12.7. The fourth-order valence-electron chi connectivity index (χ4n) is 4.79. The Morgan fingerprint density at radius 1 is 0.795 bits per heavy atom. The van der Waals surface area contributed by atoms with Gasteiger partial charge in [-0.3, -0.25) is 9.36 Å². The Kier molecular flexibility index (Phi) is 27.6. The van der Waals surface area contributed by atoms with Crippen molar-refractivity contribution in [2.24, 2.45) is 0 Å². The van der Waals surface area contributed by atoms with Crippen molar-refractivity contribution in [2.45, 2.75) is 154 Å². The molecule has 0 radical (unpaired) electrons. The summed E-state index contributed by atoms with van der Waals surface area (Å²) in [6.07, 6.45) is 29.1. The first-order valence-electron chi connectivity index (χ1n) is 17.7. The van der Waals surface area contributed by atoms with E-state index in [1.54, 1.807) is 0 Å². The predicted octanol–water partition coefficient (Wildman–Crippen LogP) is 7.99. The quantitative estimate of drug-likeness (QED) is 0.0343. The van der Waals surface area contributed by atoms with Gasteiger partial charge >= 0.3 is 0 Å². The Labute approximate surface area is 271 Å². The lowest BCUT2D eigenvalue weighted by atomic mass is 10.0. The first-order valence-corrected chi connectivity index (χ1v) is 19.1. The van der Waals surface area contributed by atoms with Crippen LogP contribution in [0, 0.1) is 0 Å². The van der Waals surface area contributed by atoms with Gasteiger partial charge in [0.2, 0.25) is 5.91 Å². The van der Waals surface area contributed by atoms with Crippen LogP contribution in [0.3, 0.4) is 0 Å². The molecule has 0 saturated carbocycles. The van der Waals surface area contributed by atoms with Gasteiger partial charge < -0.3 is 28.8 Å². The summed E-state index contributed by atoms with van der Waals surface area (Å²) in [6, 6.07) is -0.824. The monoisotopic (exact) mass is 644 g/mol. The van der Waals surface area contributed by atoms with Gasteiger partial charge in [-0.2, -0.15) is 0 Å². The second-order valence-electron chi connectivity index (χ2n) is 13.2. The summed E-state index contributed by atoms with van der Waals surface area (Å²) in [7, 11) is 1.27. The Bertz CT molecular complexity index is 784. The number of carbonyl (C=O) groups excluding carboxylic acids is 1. The molecule has 3 unspecified atom stereocenters. The second-order valence-corrected chi connectivity index (χ2v) is 14.6. The number of aliphatic hydroxyl groups excluding tert-OH is 1. The molecular formula is C35H69N2O6P. The molecule has 260 valence electrons. The number of unbranched alkanes of at least 4 members (excludes halogenated alkanes) is 14. The number of hydrogen-bond donors (Lipinski definition) is 2. The van der Waals surface area contributed by atoms with Gasteiger partial charge in [-0.25, -0.2) is 0 Å². The third-order valence-corrected chi connectivity index (χ3v) is 8.67. The van der Waals surface area contributed by atoms with Gasteiger partial charge in [0, 0.05) is 6.42 Å². The Hall–Kier alpha value is -1.02. The van der Waals surface area contributed by atoms with Crippen LogP contribution in [0.25, 0.3) is 0 Å². The highest BCUT2D eigenvalue weighted by atomic mass is 31.2. The van der Waals surface area contributed by atoms with Gasteiger partial charge in [-0.1, -0.05) is 128 Å². The second kappa shape index (κ2) is 28.2. The molecule has 0 fully saturated rings. The fourth-order valence-corrected chi connectivity index (χ4v) is 5.52. The minimum atomic E-state index is -4.56. The van der Waals surface area contributed by atoms with Crippen molar-refractivity contribution in [1.29, 1.82) is 0 Å². The van der Waals surface area contributed by atoms with E-state index in [-0.39, 0.29) is 25.5 Å². The van der Waals surface area contributed by atoms with Gasteiger partial charge in [-0.15, -0.1) is 0 Å². The smallest absolute Gasteiger partial charge is 0.268 e. The largest absolute Gasteiger partial charge is 0.756 e. The highest BCUT2D eigenvalue weighted by molar-refractivity contribution is 7.45. The molecule has 2 N–H and O–H groups in total. The standard InChI is InChI=1S/C35H69N2O6P/c1-6-8-10-12-14-16-17-18-19-21-23-25-27-29-35(39)36-33(32-43-44(40,41)42-31-30-37(3,4)5)34(38)28-26-24-22-20-15-13-11-9-7-2/h18-19,23,25,33-34,38H,6-17,20-22,24,26-32H2,1-5H3,(H-,36,39,40,41)/b19-18-,25-23-. The number of quaternary nitrogens is 1. The number of nitrogens with one attached hydrogen (secondary N) is 1. The molecule has 0 spiro atoms. The maximum absolute atomic E-state index is 12.7. The van der Waals surface area contributed by atoms with E-state index in [4.69, 9.17) is 9.05 Å². The van der Waals surface area contributed by atoms with Crippen LogP contribution in [-0.2, 0) is 18.4 Å². The van der Waals surface area contributed by atoms with E-state index < -0.39 is 20.0 Å². The number of likely N-dealkylation sites (N-methyl/N-ethyl adjacent to an activating group) is 1. The highest BCUT2D eigenvalue weighted by Gasteiger charge is 2.24. The Morgan fingerprint density at radius 2 is 1.32 bits per heavy atom. The van der Waals surface area contributed by atoms with Crippen molar-refractivity contribution >= 4 is 13.7 Å². The molecule has 0 aromatic heterocycles. The van der Waals surface area contributed by atoms with Gasteiger partial charge in [0.25, 0.3) is 7.82 Å². The van der Waals surface area contributed by atoms with E-state index in [0.717, 1.165) is 32.1 Å². The van der Waals surface area contributed by atoms with Gasteiger partial charge in [-0.05, 0) is 32.1 Å². The normalized spacial score (nSPS) is 15.2. The van der Waals surface area contributed by atoms with E-state index in [1.807, 2.05) is 27.2 Å². The minimum Gasteiger partial charge on any atom is -0.756 e. The fraction of sp³-hybridized carbons (Fsp3) is 0.857. The van der Waals surface area contributed by atoms with Crippen molar-refractivity contribution in [1.82, 2.24) is 5.32 Å². The molecule has 0 aliphatic rings. The van der Waals surface area contributed by atoms with Crippen molar-refractivity contribution in [3.63, 3.8) is 0 Å². The number of phosphoric ester groups is 1. The van der Waals surface area contributed by atoms with Crippen molar-refractivity contribution in [3.05, 3.63) is 24.3 Å². The first-order chi connectivity index (χ1) is 21.0. The summed E-state index contributed by atoms with van der Waals surface area (Å²) in [5, 5.41) is 13.7. The number of rotatable bonds is 31. The molecule has 0 heterocycles. The van der Waals surface area contributed by atoms with Gasteiger partial charge in [0.05, 0.1) is 39.9 Å². The van der Waals surface area contributed by atoms with Crippen LogP contribution in [-0.4, -0.2) is 68.5 Å². The third kappa shape index (κ3) is 29.7. The SMILES string of the molecule is CCCCCCCC/C=C\C/C=C\CCC(=O)NC(COP(=O)([O-])OCC[N+](C)(C)C)C(O)CCCCCCCCCCC. The summed E-state index contributed by atoms with van der Waals surface area (Å²) in [5.74, 6) is -0.236. The molecule has 0 bridgehead atoms. The Morgan fingerprint density at radius 3 is 1.89 bits per heavy atom. The number of aliphatic hydroxyl groups is 1. The lowest BCUT2D eigenvalue weighted by Crippen LogP contribution is -2.46. The Balaban J connectivity index is 4.60. The third-order valence-electron chi connectivity index (χ3n) is 7.71. The number of phosphoric acid groups is 1. The maximum Gasteiger partial charge on any atom is 0.268 e. The molecular weight excluding hydrogens is 575 g/mol. The lowest BCUT2D eigenvalue weighted by Gasteiger charge is -2.30. The number of hydrogen-bond acceptors (Lipinski definition) is 6. The molecule has 0 aromatic carbocycles. The van der Waals surface area contributed by atoms with E-state index in [2.05, 4.69) is 37.4 Å². The van der Waals surface area contributed by atoms with Crippen LogP contribution in [0.4, 0.5) is 0 Å². The van der Waals surface area contributed by atoms with E-state index in [1.165, 1.54) is 77.0 Å². The van der Waals surface area contributed by atoms with Crippen LogP contribution >= 0.6 is 7.82 Å². The lowest BCUT2D eigenvalue weighted by molar-refractivity contribution is -0.870.